The molecule has 2 rings (SSSR count). The van der Waals surface area contributed by atoms with Crippen LogP contribution in [0.25, 0.3) is 0 Å². The minimum Gasteiger partial charge on any atom is -0.381 e. The molecule has 0 aromatic carbocycles. The van der Waals surface area contributed by atoms with Crippen LogP contribution in [0.2, 0.25) is 0 Å². The third kappa shape index (κ3) is 4.72. The largest absolute Gasteiger partial charge is 0.381 e. The monoisotopic (exact) mass is 274 g/mol. The molecular formula is C10H21Cl2FN2O. The van der Waals surface area contributed by atoms with Crippen LogP contribution in [0.3, 0.4) is 0 Å². The standard InChI is InChI=1S/C10H19FN2O.2ClH/c11-10(1-7-14-8-2-10)9-13-5-3-12-4-6-13;;/h12H,1-9H2;2*1H. The maximum atomic E-state index is 14.2. The predicted molar refractivity (Wildman–Crippen MR) is 67.7 cm³/mol. The van der Waals surface area contributed by atoms with Crippen molar-refractivity contribution >= 4 is 24.8 Å². The maximum absolute atomic E-state index is 14.2. The fraction of sp³-hybridized carbons (Fsp3) is 1.00. The average molecular weight is 275 g/mol. The zero-order valence-electron chi connectivity index (χ0n) is 9.41. The zero-order chi connectivity index (χ0) is 9.86. The first-order valence-electron chi connectivity index (χ1n) is 5.48. The van der Waals surface area contributed by atoms with Crippen molar-refractivity contribution < 1.29 is 9.13 Å². The third-order valence-corrected chi connectivity index (χ3v) is 3.11. The Balaban J connectivity index is 0.00000112. The van der Waals surface area contributed by atoms with Gasteiger partial charge in [-0.2, -0.15) is 0 Å². The molecule has 3 nitrogen and oxygen atoms in total. The summed E-state index contributed by atoms with van der Waals surface area (Å²) in [6, 6.07) is 0. The number of piperazine rings is 1. The van der Waals surface area contributed by atoms with E-state index in [9.17, 15) is 4.39 Å². The topological polar surface area (TPSA) is 24.5 Å². The second kappa shape index (κ2) is 7.67. The Kier molecular flexibility index (Phi) is 7.85. The maximum Gasteiger partial charge on any atom is 0.128 e. The van der Waals surface area contributed by atoms with Gasteiger partial charge in [0.15, 0.2) is 0 Å². The van der Waals surface area contributed by atoms with Gasteiger partial charge in [-0.1, -0.05) is 0 Å². The molecule has 0 aromatic rings. The molecule has 2 heterocycles. The van der Waals surface area contributed by atoms with E-state index in [0.717, 1.165) is 26.2 Å². The van der Waals surface area contributed by atoms with E-state index >= 15 is 0 Å². The van der Waals surface area contributed by atoms with Gasteiger partial charge in [0.1, 0.15) is 5.67 Å². The lowest BCUT2D eigenvalue weighted by Crippen LogP contribution is -2.50. The molecule has 0 radical (unpaired) electrons. The lowest BCUT2D eigenvalue weighted by atomic mass is 9.95. The molecule has 98 valence electrons. The molecule has 2 saturated heterocycles. The summed E-state index contributed by atoms with van der Waals surface area (Å²) in [6.07, 6.45) is 1.13. The van der Waals surface area contributed by atoms with Gasteiger partial charge in [-0.15, -0.1) is 24.8 Å². The number of halogens is 3. The zero-order valence-corrected chi connectivity index (χ0v) is 11.0. The van der Waals surface area contributed by atoms with Gasteiger partial charge in [-0.05, 0) is 0 Å². The van der Waals surface area contributed by atoms with Crippen molar-refractivity contribution in [1.29, 1.82) is 0 Å². The number of rotatable bonds is 2. The highest BCUT2D eigenvalue weighted by atomic mass is 35.5. The van der Waals surface area contributed by atoms with Crippen LogP contribution in [0.4, 0.5) is 4.39 Å². The molecule has 2 fully saturated rings. The molecule has 0 unspecified atom stereocenters. The number of hydrogen-bond acceptors (Lipinski definition) is 3. The lowest BCUT2D eigenvalue weighted by molar-refractivity contribution is -0.0284. The SMILES string of the molecule is Cl.Cl.FC1(CN2CCNCC2)CCOCC1. The van der Waals surface area contributed by atoms with Gasteiger partial charge in [0.2, 0.25) is 0 Å². The van der Waals surface area contributed by atoms with E-state index < -0.39 is 5.67 Å². The predicted octanol–water partition coefficient (Wildman–Crippen LogP) is 1.25. The third-order valence-electron chi connectivity index (χ3n) is 3.11. The molecule has 2 aliphatic rings. The van der Waals surface area contributed by atoms with Crippen LogP contribution in [-0.2, 0) is 4.74 Å². The van der Waals surface area contributed by atoms with Crippen molar-refractivity contribution in [2.45, 2.75) is 18.5 Å². The van der Waals surface area contributed by atoms with Gasteiger partial charge in [0.25, 0.3) is 0 Å². The van der Waals surface area contributed by atoms with E-state index in [1.54, 1.807) is 0 Å². The molecule has 16 heavy (non-hydrogen) atoms. The Hall–Kier alpha value is 0.390. The minimum atomic E-state index is -0.990. The molecule has 1 N–H and O–H groups in total. The van der Waals surface area contributed by atoms with Gasteiger partial charge in [0.05, 0.1) is 0 Å². The Morgan fingerprint density at radius 3 is 2.25 bits per heavy atom. The Bertz CT molecular complexity index is 186. The number of ether oxygens (including phenoxy) is 1. The molecule has 6 heteroatoms. The van der Waals surface area contributed by atoms with E-state index in [1.807, 2.05) is 0 Å². The normalized spacial score (nSPS) is 25.3. The number of nitrogens with one attached hydrogen (secondary N) is 1. The Morgan fingerprint density at radius 1 is 1.12 bits per heavy atom. The van der Waals surface area contributed by atoms with Crippen molar-refractivity contribution in [2.75, 3.05) is 45.9 Å². The summed E-state index contributed by atoms with van der Waals surface area (Å²) in [5.41, 5.74) is -0.990. The molecule has 0 amide bonds. The Morgan fingerprint density at radius 2 is 1.69 bits per heavy atom. The smallest absolute Gasteiger partial charge is 0.128 e. The van der Waals surface area contributed by atoms with E-state index in [1.165, 1.54) is 0 Å². The highest BCUT2D eigenvalue weighted by molar-refractivity contribution is 5.85. The van der Waals surface area contributed by atoms with Crippen LogP contribution in [0.1, 0.15) is 12.8 Å². The van der Waals surface area contributed by atoms with Gasteiger partial charge in [0, 0.05) is 58.8 Å². The summed E-state index contributed by atoms with van der Waals surface area (Å²) in [7, 11) is 0. The fourth-order valence-electron chi connectivity index (χ4n) is 2.17. The van der Waals surface area contributed by atoms with Gasteiger partial charge in [-0.3, -0.25) is 4.90 Å². The van der Waals surface area contributed by atoms with Crippen LogP contribution >= 0.6 is 24.8 Å². The summed E-state index contributed by atoms with van der Waals surface area (Å²) in [6.45, 7) is 5.71. The summed E-state index contributed by atoms with van der Waals surface area (Å²) in [5.74, 6) is 0. The molecule has 0 atom stereocenters. The number of nitrogens with zero attached hydrogens (tertiary/aromatic N) is 1. The summed E-state index contributed by atoms with van der Waals surface area (Å²) in [5, 5.41) is 3.28. The van der Waals surface area contributed by atoms with E-state index in [0.29, 0.717) is 32.6 Å². The molecule has 0 spiro atoms. The van der Waals surface area contributed by atoms with Crippen molar-refractivity contribution in [3.8, 4) is 0 Å². The van der Waals surface area contributed by atoms with Crippen LogP contribution in [0.5, 0.6) is 0 Å². The highest BCUT2D eigenvalue weighted by Crippen LogP contribution is 2.26. The van der Waals surface area contributed by atoms with Crippen molar-refractivity contribution in [3.63, 3.8) is 0 Å². The quantitative estimate of drug-likeness (QED) is 0.821. The summed E-state index contributed by atoms with van der Waals surface area (Å²) < 4.78 is 19.4. The van der Waals surface area contributed by atoms with Crippen LogP contribution in [0, 0.1) is 0 Å². The Labute approximate surface area is 109 Å². The second-order valence-electron chi connectivity index (χ2n) is 4.29. The second-order valence-corrected chi connectivity index (χ2v) is 4.29. The minimum absolute atomic E-state index is 0. The van der Waals surface area contributed by atoms with Crippen molar-refractivity contribution in [3.05, 3.63) is 0 Å². The lowest BCUT2D eigenvalue weighted by Gasteiger charge is -2.36. The first-order valence-corrected chi connectivity index (χ1v) is 5.48. The van der Waals surface area contributed by atoms with E-state index in [2.05, 4.69) is 10.2 Å². The van der Waals surface area contributed by atoms with Gasteiger partial charge in [-0.25, -0.2) is 4.39 Å². The van der Waals surface area contributed by atoms with Crippen molar-refractivity contribution in [2.24, 2.45) is 0 Å². The summed E-state index contributed by atoms with van der Waals surface area (Å²) >= 11 is 0. The molecule has 0 aromatic heterocycles. The summed E-state index contributed by atoms with van der Waals surface area (Å²) in [4.78, 5) is 2.22. The van der Waals surface area contributed by atoms with Crippen LogP contribution in [0.15, 0.2) is 0 Å². The van der Waals surface area contributed by atoms with E-state index in [4.69, 9.17) is 4.74 Å². The van der Waals surface area contributed by atoms with Gasteiger partial charge >= 0.3 is 0 Å². The highest BCUT2D eigenvalue weighted by Gasteiger charge is 2.34. The van der Waals surface area contributed by atoms with Crippen LogP contribution in [-0.4, -0.2) is 56.5 Å². The first-order chi connectivity index (χ1) is 6.79. The number of hydrogen-bond donors (Lipinski definition) is 1. The fourth-order valence-corrected chi connectivity index (χ4v) is 2.17. The molecule has 0 bridgehead atoms. The van der Waals surface area contributed by atoms with Gasteiger partial charge < -0.3 is 10.1 Å². The number of alkyl halides is 1. The van der Waals surface area contributed by atoms with Crippen LogP contribution < -0.4 is 5.32 Å². The average Bonchev–Trinajstić information content (AvgIpc) is 2.19. The molecule has 0 saturated carbocycles. The molecular weight excluding hydrogens is 254 g/mol. The molecule has 0 aliphatic carbocycles. The van der Waals surface area contributed by atoms with E-state index in [-0.39, 0.29) is 24.8 Å². The van der Waals surface area contributed by atoms with Crippen molar-refractivity contribution in [1.82, 2.24) is 10.2 Å². The first kappa shape index (κ1) is 16.4. The molecule has 2 aliphatic heterocycles.